The van der Waals surface area contributed by atoms with Gasteiger partial charge in [0.05, 0.1) is 0 Å². The molecular weight excluding hydrogens is 264 g/mol. The van der Waals surface area contributed by atoms with Crippen LogP contribution >= 0.6 is 0 Å². The molecular formula is C15H22CrO2. The van der Waals surface area contributed by atoms with Gasteiger partial charge in [-0.05, 0) is 0 Å². The third-order valence-electron chi connectivity index (χ3n) is 3.98. The molecule has 3 atom stereocenters. The van der Waals surface area contributed by atoms with Crippen LogP contribution < -0.4 is 0 Å². The summed E-state index contributed by atoms with van der Waals surface area (Å²) in [5.41, 5.74) is 1.01. The molecule has 0 amide bonds. The Bertz CT molecular complexity index is 383. The molecule has 2 rings (SSSR count). The van der Waals surface area contributed by atoms with Crippen LogP contribution in [0.1, 0.15) is 45.6 Å². The van der Waals surface area contributed by atoms with Crippen molar-refractivity contribution in [1.29, 1.82) is 0 Å². The van der Waals surface area contributed by atoms with Crippen molar-refractivity contribution in [2.75, 3.05) is 0 Å². The monoisotopic (exact) mass is 286 g/mol. The van der Waals surface area contributed by atoms with E-state index in [4.69, 9.17) is 9.15 Å². The molecule has 100 valence electrons. The average Bonchev–Trinajstić information content (AvgIpc) is 2.81. The molecule has 1 aromatic heterocycles. The second-order valence-electron chi connectivity index (χ2n) is 5.78. The summed E-state index contributed by atoms with van der Waals surface area (Å²) < 4.78 is 12.1. The van der Waals surface area contributed by atoms with Crippen LogP contribution in [0.3, 0.4) is 0 Å². The Hall–Kier alpha value is -0.358. The van der Waals surface area contributed by atoms with E-state index < -0.39 is 0 Å². The van der Waals surface area contributed by atoms with Gasteiger partial charge in [0.1, 0.15) is 0 Å². The van der Waals surface area contributed by atoms with E-state index in [9.17, 15) is 0 Å². The Labute approximate surface area is 118 Å². The zero-order valence-corrected chi connectivity index (χ0v) is 12.7. The molecule has 0 radical (unpaired) electrons. The Morgan fingerprint density at radius 2 is 2.22 bits per heavy atom. The molecule has 0 aromatic carbocycles. The molecule has 1 heterocycles. The molecule has 2 nitrogen and oxygen atoms in total. The van der Waals surface area contributed by atoms with Gasteiger partial charge in [-0.2, -0.15) is 0 Å². The van der Waals surface area contributed by atoms with Gasteiger partial charge in [-0.25, -0.2) is 0 Å². The van der Waals surface area contributed by atoms with Gasteiger partial charge in [0.2, 0.25) is 0 Å². The second-order valence-corrected chi connectivity index (χ2v) is 6.36. The van der Waals surface area contributed by atoms with Crippen LogP contribution in [0, 0.1) is 17.8 Å². The van der Waals surface area contributed by atoms with Crippen LogP contribution in [0.15, 0.2) is 23.0 Å². The first kappa shape index (κ1) is 14.1. The van der Waals surface area contributed by atoms with Crippen molar-refractivity contribution < 1.29 is 25.0 Å². The fourth-order valence-electron chi connectivity index (χ4n) is 2.84. The predicted octanol–water partition coefficient (Wildman–Crippen LogP) is 3.78. The quantitative estimate of drug-likeness (QED) is 0.840. The van der Waals surface area contributed by atoms with Crippen LogP contribution in [0.4, 0.5) is 0 Å². The van der Waals surface area contributed by atoms with Crippen molar-refractivity contribution in [2.24, 2.45) is 17.8 Å². The van der Waals surface area contributed by atoms with Gasteiger partial charge in [-0.15, -0.1) is 0 Å². The van der Waals surface area contributed by atoms with E-state index in [-0.39, 0.29) is 0 Å². The van der Waals surface area contributed by atoms with Crippen LogP contribution in [0.2, 0.25) is 0 Å². The molecule has 1 aromatic rings. The molecule has 0 saturated heterocycles. The van der Waals surface area contributed by atoms with E-state index in [1.54, 1.807) is 12.5 Å². The number of ether oxygens (including phenoxy) is 1. The summed E-state index contributed by atoms with van der Waals surface area (Å²) in [5, 5.41) is 0. The second kappa shape index (κ2) is 6.19. The van der Waals surface area contributed by atoms with Crippen molar-refractivity contribution in [3.8, 4) is 0 Å². The third-order valence-corrected chi connectivity index (χ3v) is 4.49. The SMILES string of the molecule is CC(C)[C@@H]1CC[C@@H](C)C[C@H]1O[C](=[Cr])c1ccoc1. The van der Waals surface area contributed by atoms with Crippen LogP contribution in [-0.4, -0.2) is 10.7 Å². The number of hydrogen-bond donors (Lipinski definition) is 0. The molecule has 0 aliphatic heterocycles. The van der Waals surface area contributed by atoms with Crippen molar-refractivity contribution in [2.45, 2.75) is 46.1 Å². The average molecular weight is 286 g/mol. The van der Waals surface area contributed by atoms with E-state index in [1.807, 2.05) is 6.07 Å². The number of furan rings is 1. The van der Waals surface area contributed by atoms with Crippen molar-refractivity contribution >= 4 is 4.57 Å². The maximum absolute atomic E-state index is 6.18. The molecule has 0 N–H and O–H groups in total. The Kier molecular flexibility index (Phi) is 4.84. The topological polar surface area (TPSA) is 22.4 Å². The van der Waals surface area contributed by atoms with Crippen molar-refractivity contribution in [3.05, 3.63) is 24.2 Å². The fourth-order valence-corrected chi connectivity index (χ4v) is 3.21. The summed E-state index contributed by atoms with van der Waals surface area (Å²) in [6.45, 7) is 6.92. The van der Waals surface area contributed by atoms with E-state index in [1.165, 1.54) is 12.8 Å². The van der Waals surface area contributed by atoms with E-state index in [2.05, 4.69) is 36.6 Å². The van der Waals surface area contributed by atoms with Crippen LogP contribution in [-0.2, 0) is 20.6 Å². The zero-order chi connectivity index (χ0) is 13.1. The summed E-state index contributed by atoms with van der Waals surface area (Å²) in [6.07, 6.45) is 7.51. The summed E-state index contributed by atoms with van der Waals surface area (Å²) in [6, 6.07) is 1.93. The predicted molar refractivity (Wildman–Crippen MR) is 69.0 cm³/mol. The first-order chi connectivity index (χ1) is 8.58. The molecule has 3 heteroatoms. The van der Waals surface area contributed by atoms with Gasteiger partial charge >= 0.3 is 118 Å². The van der Waals surface area contributed by atoms with E-state index >= 15 is 0 Å². The standard InChI is InChI=1S/C15H22O2.Cr/c1-11(2)14-5-4-12(3)8-15(14)17-10-13-6-7-16-9-13;/h6-7,9,11-12,14-15H,4-5,8H2,1-3H3;/t12-,14+,15-;/m1./s1. The van der Waals surface area contributed by atoms with Crippen molar-refractivity contribution in [3.63, 3.8) is 0 Å². The Balaban J connectivity index is 2.02. The van der Waals surface area contributed by atoms with Gasteiger partial charge in [0.15, 0.2) is 0 Å². The molecule has 1 aliphatic carbocycles. The zero-order valence-electron chi connectivity index (χ0n) is 11.4. The molecule has 1 aliphatic rings. The first-order valence-electron chi connectivity index (χ1n) is 6.81. The van der Waals surface area contributed by atoms with Gasteiger partial charge in [0.25, 0.3) is 0 Å². The van der Waals surface area contributed by atoms with E-state index in [0.717, 1.165) is 22.5 Å². The normalized spacial score (nSPS) is 28.6. The number of hydrogen-bond acceptors (Lipinski definition) is 2. The molecule has 18 heavy (non-hydrogen) atoms. The van der Waals surface area contributed by atoms with Crippen molar-refractivity contribution in [1.82, 2.24) is 0 Å². The maximum atomic E-state index is 6.18. The Morgan fingerprint density at radius 3 is 2.83 bits per heavy atom. The van der Waals surface area contributed by atoms with Gasteiger partial charge in [-0.3, -0.25) is 0 Å². The van der Waals surface area contributed by atoms with Gasteiger partial charge in [0, 0.05) is 0 Å². The minimum atomic E-state index is 0.333. The van der Waals surface area contributed by atoms with Gasteiger partial charge in [-0.1, -0.05) is 0 Å². The fraction of sp³-hybridized carbons (Fsp3) is 0.667. The summed E-state index contributed by atoms with van der Waals surface area (Å²) in [4.78, 5) is 0. The minimum absolute atomic E-state index is 0.333. The third kappa shape index (κ3) is 3.35. The molecule has 1 fully saturated rings. The molecule has 0 bridgehead atoms. The Morgan fingerprint density at radius 1 is 1.44 bits per heavy atom. The van der Waals surface area contributed by atoms with Crippen LogP contribution in [0.25, 0.3) is 0 Å². The van der Waals surface area contributed by atoms with Crippen LogP contribution in [0.5, 0.6) is 0 Å². The summed E-state index contributed by atoms with van der Waals surface area (Å²) in [7, 11) is 0. The number of rotatable bonds is 4. The first-order valence-corrected chi connectivity index (χ1v) is 7.45. The van der Waals surface area contributed by atoms with Gasteiger partial charge < -0.3 is 0 Å². The summed E-state index contributed by atoms with van der Waals surface area (Å²) in [5.74, 6) is 2.11. The summed E-state index contributed by atoms with van der Waals surface area (Å²) >= 11 is 3.04. The molecule has 0 unspecified atom stereocenters. The van der Waals surface area contributed by atoms with E-state index in [0.29, 0.717) is 17.9 Å². The molecule has 0 spiro atoms. The molecule has 1 saturated carbocycles.